The quantitative estimate of drug-likeness (QED) is 0.279. The van der Waals surface area contributed by atoms with E-state index in [0.29, 0.717) is 0 Å². The third kappa shape index (κ3) is 6.88. The van der Waals surface area contributed by atoms with Gasteiger partial charge in [-0.15, -0.1) is 0 Å². The van der Waals surface area contributed by atoms with Crippen LogP contribution in [0, 0.1) is 13.8 Å². The molecule has 0 atom stereocenters. The lowest BCUT2D eigenvalue weighted by molar-refractivity contribution is -0.0918. The van der Waals surface area contributed by atoms with Crippen LogP contribution in [0.2, 0.25) is 6.82 Å². The summed E-state index contributed by atoms with van der Waals surface area (Å²) in [6.45, 7) is 22.5. The molecule has 4 heteroatoms. The van der Waals surface area contributed by atoms with Gasteiger partial charge < -0.3 is 14.9 Å². The van der Waals surface area contributed by atoms with Crippen LogP contribution in [0.1, 0.15) is 115 Å². The van der Waals surface area contributed by atoms with Gasteiger partial charge in [-0.2, -0.15) is 0 Å². The zero-order valence-electron chi connectivity index (χ0n) is 25.6. The smallest absolute Gasteiger partial charge is 0.324 e. The van der Waals surface area contributed by atoms with Crippen LogP contribution in [-0.2, 0) is 16.5 Å². The van der Waals surface area contributed by atoms with Gasteiger partial charge in [0, 0.05) is 5.41 Å². The Hall–Kier alpha value is -1.62. The average Bonchev–Trinajstić information content (AvgIpc) is 2.83. The Morgan fingerprint density at radius 2 is 1.27 bits per heavy atom. The summed E-state index contributed by atoms with van der Waals surface area (Å²) in [5.41, 5.74) is 5.48. The van der Waals surface area contributed by atoms with Gasteiger partial charge in [-0.1, -0.05) is 76.5 Å². The molecule has 0 aromatic heterocycles. The maximum Gasteiger partial charge on any atom is 0.324 e. The van der Waals surface area contributed by atoms with Gasteiger partial charge in [0.1, 0.15) is 0 Å². The van der Waals surface area contributed by atoms with Crippen LogP contribution >= 0.6 is 0 Å². The Kier molecular flexibility index (Phi) is 10.3. The Balaban J connectivity index is 2.39. The van der Waals surface area contributed by atoms with Gasteiger partial charge in [0.05, 0.1) is 16.8 Å². The molecular formula is C33H53BO3. The monoisotopic (exact) mass is 508 g/mol. The number of rotatable bonds is 13. The lowest BCUT2D eigenvalue weighted by Crippen LogP contribution is -2.52. The molecule has 0 unspecified atom stereocenters. The SMILES string of the molecule is CCC(O)(CC)CCc1ccc(C(CC)(CC)c2ccc(B(C)OC(C)(C)C(C)(C)O)c(C)c2)cc1C. The standard InChI is InChI=1S/C33H53BO3/c1-12-32(36,13-2)21-20-26-16-17-27(22-24(26)5)33(14-3,15-4)28-18-19-29(25(6)23-28)34(11)37-31(9,10)30(7,8)35/h16-19,22-23,35-36H,12-15,20-21H2,1-11H3. The van der Waals surface area contributed by atoms with Crippen molar-refractivity contribution in [1.82, 2.24) is 0 Å². The van der Waals surface area contributed by atoms with Crippen LogP contribution in [0.5, 0.6) is 0 Å². The second kappa shape index (κ2) is 12.1. The van der Waals surface area contributed by atoms with Crippen LogP contribution in [0.4, 0.5) is 0 Å². The molecule has 0 heterocycles. The van der Waals surface area contributed by atoms with E-state index in [-0.39, 0.29) is 12.3 Å². The van der Waals surface area contributed by atoms with Crippen molar-refractivity contribution >= 4 is 12.4 Å². The van der Waals surface area contributed by atoms with Crippen molar-refractivity contribution < 1.29 is 14.9 Å². The molecule has 2 rings (SSSR count). The number of aliphatic hydroxyl groups is 2. The second-order valence-corrected chi connectivity index (χ2v) is 12.3. The summed E-state index contributed by atoms with van der Waals surface area (Å²) in [7, 11) is 0. The average molecular weight is 509 g/mol. The van der Waals surface area contributed by atoms with Gasteiger partial charge in [-0.05, 0) is 108 Å². The summed E-state index contributed by atoms with van der Waals surface area (Å²) in [5, 5.41) is 21.3. The molecule has 0 spiro atoms. The normalized spacial score (nSPS) is 13.2. The molecule has 0 radical (unpaired) electrons. The molecular weight excluding hydrogens is 455 g/mol. The van der Waals surface area contributed by atoms with Gasteiger partial charge in [-0.3, -0.25) is 0 Å². The molecule has 0 aliphatic heterocycles. The van der Waals surface area contributed by atoms with E-state index < -0.39 is 16.8 Å². The fourth-order valence-electron chi connectivity index (χ4n) is 5.56. The second-order valence-electron chi connectivity index (χ2n) is 12.3. The third-order valence-corrected chi connectivity index (χ3v) is 9.48. The minimum Gasteiger partial charge on any atom is -0.423 e. The van der Waals surface area contributed by atoms with Crippen molar-refractivity contribution in [2.45, 2.75) is 137 Å². The minimum absolute atomic E-state index is 0.0589. The van der Waals surface area contributed by atoms with Crippen molar-refractivity contribution in [3.63, 3.8) is 0 Å². The molecule has 3 nitrogen and oxygen atoms in total. The first-order valence-corrected chi connectivity index (χ1v) is 14.4. The maximum atomic E-state index is 10.8. The van der Waals surface area contributed by atoms with Crippen LogP contribution < -0.4 is 5.46 Å². The minimum atomic E-state index is -0.940. The Morgan fingerprint density at radius 3 is 1.70 bits per heavy atom. The molecule has 0 aliphatic rings. The van der Waals surface area contributed by atoms with E-state index in [1.807, 2.05) is 13.8 Å². The molecule has 0 aliphatic carbocycles. The Morgan fingerprint density at radius 1 is 0.757 bits per heavy atom. The van der Waals surface area contributed by atoms with Gasteiger partial charge in [-0.25, -0.2) is 0 Å². The largest absolute Gasteiger partial charge is 0.423 e. The summed E-state index contributed by atoms with van der Waals surface area (Å²) in [5.74, 6) is 0. The predicted molar refractivity (Wildman–Crippen MR) is 160 cm³/mol. The summed E-state index contributed by atoms with van der Waals surface area (Å²) in [6, 6.07) is 13.8. The Bertz CT molecular complexity index is 1030. The van der Waals surface area contributed by atoms with Gasteiger partial charge >= 0.3 is 6.92 Å². The molecule has 0 fully saturated rings. The molecule has 0 bridgehead atoms. The van der Waals surface area contributed by atoms with E-state index in [4.69, 9.17) is 4.65 Å². The number of benzene rings is 2. The van der Waals surface area contributed by atoms with Crippen LogP contribution in [0.3, 0.4) is 0 Å². The predicted octanol–water partition coefficient (Wildman–Crippen LogP) is 7.29. The Labute approximate surface area is 228 Å². The summed E-state index contributed by atoms with van der Waals surface area (Å²) < 4.78 is 6.36. The van der Waals surface area contributed by atoms with E-state index in [2.05, 4.69) is 84.8 Å². The number of aryl methyl sites for hydroxylation is 3. The lowest BCUT2D eigenvalue weighted by atomic mass is 9.60. The molecule has 0 amide bonds. The first-order valence-electron chi connectivity index (χ1n) is 14.4. The van der Waals surface area contributed by atoms with Crippen molar-refractivity contribution in [2.24, 2.45) is 0 Å². The van der Waals surface area contributed by atoms with Gasteiger partial charge in [0.2, 0.25) is 0 Å². The highest BCUT2D eigenvalue weighted by Crippen LogP contribution is 2.40. The first-order chi connectivity index (χ1) is 17.1. The molecule has 2 N–H and O–H groups in total. The summed E-state index contributed by atoms with van der Waals surface area (Å²) >= 11 is 0. The van der Waals surface area contributed by atoms with Gasteiger partial charge in [0.25, 0.3) is 0 Å². The van der Waals surface area contributed by atoms with E-state index in [1.54, 1.807) is 13.8 Å². The molecule has 0 saturated heterocycles. The highest BCUT2D eigenvalue weighted by Gasteiger charge is 2.39. The molecule has 37 heavy (non-hydrogen) atoms. The fraction of sp³-hybridized carbons (Fsp3) is 0.636. The van der Waals surface area contributed by atoms with E-state index in [1.165, 1.54) is 27.8 Å². The maximum absolute atomic E-state index is 10.8. The lowest BCUT2D eigenvalue weighted by Gasteiger charge is -2.39. The van der Waals surface area contributed by atoms with E-state index in [0.717, 1.165) is 44.0 Å². The fourth-order valence-corrected chi connectivity index (χ4v) is 5.56. The van der Waals surface area contributed by atoms with Crippen LogP contribution in [-0.4, -0.2) is 33.9 Å². The molecule has 0 saturated carbocycles. The summed E-state index contributed by atoms with van der Waals surface area (Å²) in [4.78, 5) is 0. The van der Waals surface area contributed by atoms with Crippen molar-refractivity contribution in [3.8, 4) is 0 Å². The van der Waals surface area contributed by atoms with Crippen molar-refractivity contribution in [2.75, 3.05) is 0 Å². The van der Waals surface area contributed by atoms with Crippen molar-refractivity contribution in [1.29, 1.82) is 0 Å². The zero-order chi connectivity index (χ0) is 28.2. The molecule has 2 aromatic carbocycles. The highest BCUT2D eigenvalue weighted by atomic mass is 16.5. The third-order valence-electron chi connectivity index (χ3n) is 9.48. The van der Waals surface area contributed by atoms with Crippen LogP contribution in [0.15, 0.2) is 36.4 Å². The topological polar surface area (TPSA) is 49.7 Å². The number of hydrogen-bond donors (Lipinski definition) is 2. The molecule has 2 aromatic rings. The van der Waals surface area contributed by atoms with Gasteiger partial charge in [0.15, 0.2) is 0 Å². The summed E-state index contributed by atoms with van der Waals surface area (Å²) in [6.07, 6.45) is 5.34. The van der Waals surface area contributed by atoms with E-state index in [9.17, 15) is 10.2 Å². The zero-order valence-corrected chi connectivity index (χ0v) is 25.6. The molecule has 206 valence electrons. The first kappa shape index (κ1) is 31.6. The van der Waals surface area contributed by atoms with Crippen LogP contribution in [0.25, 0.3) is 0 Å². The number of hydrogen-bond acceptors (Lipinski definition) is 3. The van der Waals surface area contributed by atoms with Crippen molar-refractivity contribution in [3.05, 3.63) is 64.2 Å². The van der Waals surface area contributed by atoms with E-state index >= 15 is 0 Å². The highest BCUT2D eigenvalue weighted by molar-refractivity contribution is 6.66.